The molecule has 1 fully saturated rings. The molecule has 0 atom stereocenters. The van der Waals surface area contributed by atoms with E-state index in [4.69, 9.17) is 14.5 Å². The zero-order valence-corrected chi connectivity index (χ0v) is 16.7. The lowest BCUT2D eigenvalue weighted by Gasteiger charge is -2.17. The van der Waals surface area contributed by atoms with Crippen LogP contribution in [0.3, 0.4) is 0 Å². The van der Waals surface area contributed by atoms with Gasteiger partial charge in [-0.15, -0.1) is 0 Å². The minimum atomic E-state index is -4.18. The van der Waals surface area contributed by atoms with Gasteiger partial charge in [0.15, 0.2) is 0 Å². The molecule has 7 heteroatoms. The van der Waals surface area contributed by atoms with Gasteiger partial charge in [-0.2, -0.15) is 13.2 Å². The summed E-state index contributed by atoms with van der Waals surface area (Å²) in [7, 11) is 1.37. The SMILES string of the molecule is COC(=O)C1(/C(=N\Cc2ccccc2)c2ccc(OCCCC(F)(F)F)cc2)CC1. The standard InChI is InChI=1S/C23H24F3NO3/c1-29-21(28)22(13-14-22)20(27-16-17-6-3-2-4-7-17)18-8-10-19(11-9-18)30-15-5-12-23(24,25)26/h2-4,6-11H,5,12-16H2,1H3/b27-20-. The van der Waals surface area contributed by atoms with Crippen LogP contribution >= 0.6 is 0 Å². The van der Waals surface area contributed by atoms with Crippen molar-refractivity contribution in [1.29, 1.82) is 0 Å². The van der Waals surface area contributed by atoms with Crippen LogP contribution in [-0.2, 0) is 16.1 Å². The third kappa shape index (κ3) is 5.62. The molecule has 0 amide bonds. The Morgan fingerprint density at radius 3 is 2.30 bits per heavy atom. The Labute approximate surface area is 173 Å². The molecule has 1 aliphatic carbocycles. The van der Waals surface area contributed by atoms with Crippen LogP contribution < -0.4 is 4.74 Å². The summed E-state index contributed by atoms with van der Waals surface area (Å²) in [5.41, 5.74) is 1.73. The van der Waals surface area contributed by atoms with Gasteiger partial charge in [0, 0.05) is 6.42 Å². The van der Waals surface area contributed by atoms with Crippen molar-refractivity contribution in [2.24, 2.45) is 10.4 Å². The minimum Gasteiger partial charge on any atom is -0.494 e. The van der Waals surface area contributed by atoms with Crippen molar-refractivity contribution in [3.63, 3.8) is 0 Å². The molecule has 4 nitrogen and oxygen atoms in total. The molecule has 0 saturated heterocycles. The van der Waals surface area contributed by atoms with Crippen molar-refractivity contribution < 1.29 is 27.4 Å². The van der Waals surface area contributed by atoms with Gasteiger partial charge in [0.1, 0.15) is 11.2 Å². The quantitative estimate of drug-likeness (QED) is 0.313. The number of aliphatic imine (C=N–C) groups is 1. The predicted molar refractivity (Wildman–Crippen MR) is 108 cm³/mol. The van der Waals surface area contributed by atoms with Gasteiger partial charge in [0.05, 0.1) is 26.0 Å². The molecule has 0 aromatic heterocycles. The van der Waals surface area contributed by atoms with Gasteiger partial charge < -0.3 is 9.47 Å². The summed E-state index contributed by atoms with van der Waals surface area (Å²) in [6, 6.07) is 16.7. The largest absolute Gasteiger partial charge is 0.494 e. The van der Waals surface area contributed by atoms with Gasteiger partial charge in [-0.1, -0.05) is 30.3 Å². The lowest BCUT2D eigenvalue weighted by molar-refractivity contribution is -0.144. The van der Waals surface area contributed by atoms with Crippen LogP contribution in [0.4, 0.5) is 13.2 Å². The van der Waals surface area contributed by atoms with Crippen molar-refractivity contribution >= 4 is 11.7 Å². The van der Waals surface area contributed by atoms with Gasteiger partial charge in [-0.3, -0.25) is 9.79 Å². The second-order valence-corrected chi connectivity index (χ2v) is 7.32. The fraction of sp³-hybridized carbons (Fsp3) is 0.391. The van der Waals surface area contributed by atoms with Crippen molar-refractivity contribution in [2.75, 3.05) is 13.7 Å². The maximum atomic E-state index is 12.4. The molecule has 0 bridgehead atoms. The number of methoxy groups -OCH3 is 1. The van der Waals surface area contributed by atoms with E-state index in [0.29, 0.717) is 30.8 Å². The van der Waals surface area contributed by atoms with E-state index in [2.05, 4.69) is 0 Å². The number of alkyl halides is 3. The molecular weight excluding hydrogens is 395 g/mol. The van der Waals surface area contributed by atoms with Gasteiger partial charge >= 0.3 is 12.1 Å². The summed E-state index contributed by atoms with van der Waals surface area (Å²) >= 11 is 0. The molecule has 30 heavy (non-hydrogen) atoms. The van der Waals surface area contributed by atoms with E-state index >= 15 is 0 Å². The summed E-state index contributed by atoms with van der Waals surface area (Å²) in [6.07, 6.45) is -3.81. The lowest BCUT2D eigenvalue weighted by Crippen LogP contribution is -2.28. The van der Waals surface area contributed by atoms with E-state index in [9.17, 15) is 18.0 Å². The number of ether oxygens (including phenoxy) is 2. The zero-order chi connectivity index (χ0) is 21.6. The highest BCUT2D eigenvalue weighted by Gasteiger charge is 2.55. The van der Waals surface area contributed by atoms with Crippen LogP contribution in [-0.4, -0.2) is 31.6 Å². The Morgan fingerprint density at radius 1 is 1.07 bits per heavy atom. The van der Waals surface area contributed by atoms with Crippen LogP contribution in [0.25, 0.3) is 0 Å². The van der Waals surface area contributed by atoms with Gasteiger partial charge in [0.2, 0.25) is 0 Å². The van der Waals surface area contributed by atoms with Crippen LogP contribution in [0.1, 0.15) is 36.8 Å². The summed E-state index contributed by atoms with van der Waals surface area (Å²) in [4.78, 5) is 17.2. The summed E-state index contributed by atoms with van der Waals surface area (Å²) < 4.78 is 47.1. The van der Waals surface area contributed by atoms with Crippen LogP contribution in [0, 0.1) is 5.41 Å². The monoisotopic (exact) mass is 419 g/mol. The molecular formula is C23H24F3NO3. The van der Waals surface area contributed by atoms with Crippen LogP contribution in [0.2, 0.25) is 0 Å². The highest BCUT2D eigenvalue weighted by atomic mass is 19.4. The van der Waals surface area contributed by atoms with E-state index in [0.717, 1.165) is 11.1 Å². The van der Waals surface area contributed by atoms with Crippen LogP contribution in [0.5, 0.6) is 5.75 Å². The number of rotatable bonds is 9. The summed E-state index contributed by atoms with van der Waals surface area (Å²) in [6.45, 7) is 0.421. The molecule has 0 aliphatic heterocycles. The number of benzene rings is 2. The molecule has 0 unspecified atom stereocenters. The Kier molecular flexibility index (Phi) is 6.80. The van der Waals surface area contributed by atoms with Gasteiger partial charge in [0.25, 0.3) is 0 Å². The predicted octanol–water partition coefficient (Wildman–Crippen LogP) is 5.35. The molecule has 0 heterocycles. The van der Waals surface area contributed by atoms with Crippen molar-refractivity contribution in [3.05, 3.63) is 65.7 Å². The number of carbonyl (C=O) groups excluding carboxylic acids is 1. The fourth-order valence-corrected chi connectivity index (χ4v) is 3.30. The van der Waals surface area contributed by atoms with E-state index in [1.807, 2.05) is 30.3 Å². The van der Waals surface area contributed by atoms with E-state index < -0.39 is 18.0 Å². The molecule has 0 radical (unpaired) electrons. The summed E-state index contributed by atoms with van der Waals surface area (Å²) in [5.74, 6) is 0.174. The Balaban J connectivity index is 1.74. The van der Waals surface area contributed by atoms with Crippen molar-refractivity contribution in [3.8, 4) is 5.75 Å². The Bertz CT molecular complexity index is 873. The third-order valence-corrected chi connectivity index (χ3v) is 5.04. The molecule has 160 valence electrons. The number of halogens is 3. The highest BCUT2D eigenvalue weighted by Crippen LogP contribution is 2.50. The fourth-order valence-electron chi connectivity index (χ4n) is 3.30. The first-order chi connectivity index (χ1) is 14.3. The number of nitrogens with zero attached hydrogens (tertiary/aromatic N) is 1. The molecule has 2 aromatic rings. The first kappa shape index (κ1) is 21.9. The molecule has 1 aliphatic rings. The number of esters is 1. The first-order valence-electron chi connectivity index (χ1n) is 9.81. The Morgan fingerprint density at radius 2 is 1.73 bits per heavy atom. The molecule has 1 saturated carbocycles. The number of hydrogen-bond donors (Lipinski definition) is 0. The highest BCUT2D eigenvalue weighted by molar-refractivity contribution is 6.17. The first-order valence-corrected chi connectivity index (χ1v) is 9.81. The number of carbonyl (C=O) groups is 1. The van der Waals surface area contributed by atoms with Gasteiger partial charge in [-0.05, 0) is 54.7 Å². The lowest BCUT2D eigenvalue weighted by atomic mass is 9.93. The van der Waals surface area contributed by atoms with Crippen molar-refractivity contribution in [1.82, 2.24) is 0 Å². The van der Waals surface area contributed by atoms with Gasteiger partial charge in [-0.25, -0.2) is 0 Å². The van der Waals surface area contributed by atoms with E-state index in [-0.39, 0.29) is 19.0 Å². The molecule has 0 N–H and O–H groups in total. The second-order valence-electron chi connectivity index (χ2n) is 7.32. The second kappa shape index (κ2) is 9.32. The zero-order valence-electron chi connectivity index (χ0n) is 16.7. The van der Waals surface area contributed by atoms with E-state index in [1.165, 1.54) is 7.11 Å². The maximum Gasteiger partial charge on any atom is 0.389 e. The summed E-state index contributed by atoms with van der Waals surface area (Å²) in [5, 5.41) is 0. The molecule has 2 aromatic carbocycles. The Hall–Kier alpha value is -2.83. The normalized spacial score (nSPS) is 15.5. The topological polar surface area (TPSA) is 47.9 Å². The minimum absolute atomic E-state index is 0.0140. The third-order valence-electron chi connectivity index (χ3n) is 5.04. The maximum absolute atomic E-state index is 12.4. The average molecular weight is 419 g/mol. The van der Waals surface area contributed by atoms with E-state index in [1.54, 1.807) is 24.3 Å². The number of hydrogen-bond acceptors (Lipinski definition) is 4. The van der Waals surface area contributed by atoms with Crippen LogP contribution in [0.15, 0.2) is 59.6 Å². The smallest absolute Gasteiger partial charge is 0.389 e. The molecule has 3 rings (SSSR count). The van der Waals surface area contributed by atoms with Crippen molar-refractivity contribution in [2.45, 2.75) is 38.4 Å². The molecule has 0 spiro atoms. The average Bonchev–Trinajstić information content (AvgIpc) is 3.53.